The molecule has 1 N–H and O–H groups in total. The molecule has 0 aliphatic rings. The van der Waals surface area contributed by atoms with Gasteiger partial charge in [0, 0.05) is 6.42 Å². The zero-order valence-electron chi connectivity index (χ0n) is 9.32. The number of aliphatic carboxylic acids is 1. The number of rotatable bonds is 4. The monoisotopic (exact) mass is 222 g/mol. The van der Waals surface area contributed by atoms with Gasteiger partial charge in [0.2, 0.25) is 0 Å². The van der Waals surface area contributed by atoms with Crippen molar-refractivity contribution >= 4 is 11.9 Å². The van der Waals surface area contributed by atoms with Crippen molar-refractivity contribution in [1.82, 2.24) is 0 Å². The predicted octanol–water partition coefficient (Wildman–Crippen LogP) is 1.80. The van der Waals surface area contributed by atoms with Gasteiger partial charge in [0.05, 0.1) is 12.7 Å². The van der Waals surface area contributed by atoms with E-state index in [1.54, 1.807) is 19.1 Å². The highest BCUT2D eigenvalue weighted by Crippen LogP contribution is 2.13. The van der Waals surface area contributed by atoms with Crippen LogP contribution in [0.3, 0.4) is 0 Å². The third kappa shape index (κ3) is 3.08. The van der Waals surface area contributed by atoms with Crippen molar-refractivity contribution in [1.29, 1.82) is 0 Å². The molecule has 0 bridgehead atoms. The number of carbonyl (C=O) groups is 2. The first kappa shape index (κ1) is 12.2. The largest absolute Gasteiger partial charge is 0.481 e. The van der Waals surface area contributed by atoms with E-state index < -0.39 is 5.97 Å². The first-order valence-electron chi connectivity index (χ1n) is 4.94. The molecule has 0 aromatic heterocycles. The second-order valence-corrected chi connectivity index (χ2v) is 3.53. The number of carboxylic acids is 1. The van der Waals surface area contributed by atoms with E-state index >= 15 is 0 Å². The van der Waals surface area contributed by atoms with Gasteiger partial charge in [-0.3, -0.25) is 4.79 Å². The van der Waals surface area contributed by atoms with Gasteiger partial charge in [-0.1, -0.05) is 12.1 Å². The lowest BCUT2D eigenvalue weighted by Crippen LogP contribution is -2.04. The Kier molecular flexibility index (Phi) is 4.05. The molecule has 1 aromatic carbocycles. The number of benzene rings is 1. The van der Waals surface area contributed by atoms with E-state index in [9.17, 15) is 9.59 Å². The summed E-state index contributed by atoms with van der Waals surface area (Å²) in [4.78, 5) is 21.7. The predicted molar refractivity (Wildman–Crippen MR) is 58.5 cm³/mol. The summed E-state index contributed by atoms with van der Waals surface area (Å²) in [6.07, 6.45) is 0.564. The summed E-state index contributed by atoms with van der Waals surface area (Å²) in [5.74, 6) is -1.20. The van der Waals surface area contributed by atoms with Gasteiger partial charge in [-0.2, -0.15) is 0 Å². The lowest BCUT2D eigenvalue weighted by molar-refractivity contribution is -0.136. The van der Waals surface area contributed by atoms with E-state index in [2.05, 4.69) is 4.74 Å². The molecule has 0 fully saturated rings. The fourth-order valence-electron chi connectivity index (χ4n) is 1.47. The molecular weight excluding hydrogens is 208 g/mol. The molecule has 0 aliphatic carbocycles. The number of methoxy groups -OCH3 is 1. The Morgan fingerprint density at radius 3 is 2.56 bits per heavy atom. The number of aryl methyl sites for hydroxylation is 2. The Morgan fingerprint density at radius 2 is 2.06 bits per heavy atom. The molecule has 4 nitrogen and oxygen atoms in total. The number of carbonyl (C=O) groups excluding carboxylic acids is 1. The summed E-state index contributed by atoms with van der Waals surface area (Å²) >= 11 is 0. The number of esters is 1. The smallest absolute Gasteiger partial charge is 0.338 e. The summed E-state index contributed by atoms with van der Waals surface area (Å²) in [5.41, 5.74) is 2.23. The second kappa shape index (κ2) is 5.30. The van der Waals surface area contributed by atoms with Crippen LogP contribution in [0.15, 0.2) is 18.2 Å². The van der Waals surface area contributed by atoms with Crippen molar-refractivity contribution < 1.29 is 19.4 Å². The first-order valence-corrected chi connectivity index (χ1v) is 4.94. The van der Waals surface area contributed by atoms with Crippen LogP contribution in [-0.2, 0) is 16.0 Å². The van der Waals surface area contributed by atoms with E-state index in [0.29, 0.717) is 12.0 Å². The van der Waals surface area contributed by atoms with Gasteiger partial charge >= 0.3 is 11.9 Å². The van der Waals surface area contributed by atoms with Crippen LogP contribution in [0.5, 0.6) is 0 Å². The molecule has 0 unspecified atom stereocenters. The number of hydrogen-bond donors (Lipinski definition) is 1. The van der Waals surface area contributed by atoms with Crippen LogP contribution in [0.1, 0.15) is 27.9 Å². The second-order valence-electron chi connectivity index (χ2n) is 3.53. The summed E-state index contributed by atoms with van der Waals surface area (Å²) in [5, 5.41) is 8.55. The maximum Gasteiger partial charge on any atom is 0.338 e. The van der Waals surface area contributed by atoms with Crippen LogP contribution in [0.4, 0.5) is 0 Å². The van der Waals surface area contributed by atoms with Gasteiger partial charge in [-0.25, -0.2) is 4.79 Å². The van der Waals surface area contributed by atoms with Gasteiger partial charge in [0.25, 0.3) is 0 Å². The maximum absolute atomic E-state index is 11.3. The lowest BCUT2D eigenvalue weighted by Gasteiger charge is -2.06. The number of hydrogen-bond acceptors (Lipinski definition) is 3. The Hall–Kier alpha value is -1.84. The zero-order valence-corrected chi connectivity index (χ0v) is 9.32. The molecule has 0 spiro atoms. The summed E-state index contributed by atoms with van der Waals surface area (Å²) in [6.45, 7) is 1.80. The van der Waals surface area contributed by atoms with E-state index in [4.69, 9.17) is 5.11 Å². The Labute approximate surface area is 93.9 Å². The van der Waals surface area contributed by atoms with Gasteiger partial charge in [-0.05, 0) is 30.5 Å². The molecule has 4 heteroatoms. The Bertz CT molecular complexity index is 409. The van der Waals surface area contributed by atoms with Crippen LogP contribution >= 0.6 is 0 Å². The highest BCUT2D eigenvalue weighted by molar-refractivity contribution is 5.91. The minimum Gasteiger partial charge on any atom is -0.481 e. The Morgan fingerprint density at radius 1 is 1.38 bits per heavy atom. The standard InChI is InChI=1S/C12H14O4/c1-8-7-9(4-6-11(13)14)3-5-10(8)12(15)16-2/h3,5,7H,4,6H2,1-2H3,(H,13,14). The number of ether oxygens (including phenoxy) is 1. The molecule has 1 rings (SSSR count). The molecule has 0 radical (unpaired) electrons. The van der Waals surface area contributed by atoms with E-state index in [1.807, 2.05) is 6.07 Å². The van der Waals surface area contributed by atoms with Crippen molar-refractivity contribution in [2.75, 3.05) is 7.11 Å². The van der Waals surface area contributed by atoms with Crippen LogP contribution in [0, 0.1) is 6.92 Å². The number of carboxylic acid groups (broad SMARTS) is 1. The highest BCUT2D eigenvalue weighted by Gasteiger charge is 2.09. The van der Waals surface area contributed by atoms with E-state index in [1.165, 1.54) is 7.11 Å². The average Bonchev–Trinajstić information content (AvgIpc) is 2.25. The molecule has 1 aromatic rings. The van der Waals surface area contributed by atoms with Gasteiger partial charge in [-0.15, -0.1) is 0 Å². The molecule has 86 valence electrons. The molecule has 0 aliphatic heterocycles. The van der Waals surface area contributed by atoms with E-state index in [-0.39, 0.29) is 12.4 Å². The van der Waals surface area contributed by atoms with Crippen LogP contribution in [-0.4, -0.2) is 24.2 Å². The molecule has 0 amide bonds. The van der Waals surface area contributed by atoms with Crippen molar-refractivity contribution in [2.24, 2.45) is 0 Å². The van der Waals surface area contributed by atoms with Crippen molar-refractivity contribution in [3.8, 4) is 0 Å². The third-order valence-electron chi connectivity index (χ3n) is 2.32. The SMILES string of the molecule is COC(=O)c1ccc(CCC(=O)O)cc1C. The quantitative estimate of drug-likeness (QED) is 0.789. The van der Waals surface area contributed by atoms with Gasteiger partial charge in [0.15, 0.2) is 0 Å². The third-order valence-corrected chi connectivity index (χ3v) is 2.32. The maximum atomic E-state index is 11.3. The first-order chi connectivity index (χ1) is 7.54. The van der Waals surface area contributed by atoms with Crippen molar-refractivity contribution in [3.05, 3.63) is 34.9 Å². The molecule has 0 saturated carbocycles. The molecule has 0 atom stereocenters. The summed E-state index contributed by atoms with van der Waals surface area (Å²) in [6, 6.07) is 5.23. The fraction of sp³-hybridized carbons (Fsp3) is 0.333. The average molecular weight is 222 g/mol. The van der Waals surface area contributed by atoms with Gasteiger partial charge in [0.1, 0.15) is 0 Å². The van der Waals surface area contributed by atoms with Crippen LogP contribution in [0.2, 0.25) is 0 Å². The topological polar surface area (TPSA) is 63.6 Å². The summed E-state index contributed by atoms with van der Waals surface area (Å²) in [7, 11) is 1.33. The molecule has 0 heterocycles. The highest BCUT2D eigenvalue weighted by atomic mass is 16.5. The van der Waals surface area contributed by atoms with Crippen molar-refractivity contribution in [3.63, 3.8) is 0 Å². The normalized spacial score (nSPS) is 9.88. The van der Waals surface area contributed by atoms with Gasteiger partial charge < -0.3 is 9.84 Å². The van der Waals surface area contributed by atoms with E-state index in [0.717, 1.165) is 11.1 Å². The van der Waals surface area contributed by atoms with Crippen molar-refractivity contribution in [2.45, 2.75) is 19.8 Å². The summed E-state index contributed by atoms with van der Waals surface area (Å²) < 4.78 is 4.62. The molecule has 0 saturated heterocycles. The minimum absolute atomic E-state index is 0.0943. The Balaban J connectivity index is 2.82. The zero-order chi connectivity index (χ0) is 12.1. The molecular formula is C12H14O4. The van der Waals surface area contributed by atoms with Crippen LogP contribution < -0.4 is 0 Å². The fourth-order valence-corrected chi connectivity index (χ4v) is 1.47. The minimum atomic E-state index is -0.824. The lowest BCUT2D eigenvalue weighted by atomic mass is 10.0. The van der Waals surface area contributed by atoms with Crippen LogP contribution in [0.25, 0.3) is 0 Å². The molecule has 16 heavy (non-hydrogen) atoms.